The van der Waals surface area contributed by atoms with Crippen molar-refractivity contribution >= 4 is 65.4 Å². The molecule has 0 aliphatic heterocycles. The van der Waals surface area contributed by atoms with Crippen LogP contribution in [-0.4, -0.2) is 13.7 Å². The molecule has 0 spiro atoms. The van der Waals surface area contributed by atoms with E-state index in [1.807, 2.05) is 127 Å². The predicted molar refractivity (Wildman–Crippen MR) is 240 cm³/mol. The number of hydrogen-bond acceptors (Lipinski definition) is 0. The first-order valence-corrected chi connectivity index (χ1v) is 19.1. The molecule has 3 heterocycles. The van der Waals surface area contributed by atoms with Crippen LogP contribution in [0.3, 0.4) is 0 Å². The molecule has 0 N–H and O–H groups in total. The molecule has 0 atom stereocenters. The van der Waals surface area contributed by atoms with Crippen LogP contribution in [0.1, 0.15) is 8.22 Å². The molecule has 0 fully saturated rings. The fourth-order valence-corrected chi connectivity index (χ4v) is 8.69. The Hall–Kier alpha value is -7.62. The van der Waals surface area contributed by atoms with Gasteiger partial charge in [0.1, 0.15) is 0 Å². The molecule has 57 heavy (non-hydrogen) atoms. The summed E-state index contributed by atoms with van der Waals surface area (Å²) in [5.74, 6) is 0. The molecule has 0 aliphatic rings. The van der Waals surface area contributed by atoms with Gasteiger partial charge in [0, 0.05) is 49.4 Å². The van der Waals surface area contributed by atoms with E-state index >= 15 is 0 Å². The second-order valence-corrected chi connectivity index (χ2v) is 14.5. The number of rotatable bonds is 5. The van der Waals surface area contributed by atoms with Crippen LogP contribution in [0.25, 0.3) is 105 Å². The van der Waals surface area contributed by atoms with Crippen molar-refractivity contribution in [2.24, 2.45) is 0 Å². The van der Waals surface area contributed by atoms with Crippen LogP contribution in [0.15, 0.2) is 212 Å². The van der Waals surface area contributed by atoms with Crippen molar-refractivity contribution in [1.82, 2.24) is 13.7 Å². The first-order chi connectivity index (χ1) is 30.8. The maximum atomic E-state index is 10.1. The van der Waals surface area contributed by atoms with Crippen LogP contribution in [0.5, 0.6) is 0 Å². The van der Waals surface area contributed by atoms with E-state index in [1.54, 1.807) is 4.57 Å². The Balaban J connectivity index is 1.18. The van der Waals surface area contributed by atoms with Crippen LogP contribution < -0.4 is 0 Å². The summed E-state index contributed by atoms with van der Waals surface area (Å²) in [6, 6.07) is 57.3. The maximum Gasteiger partial charge on any atom is 0.0645 e. The topological polar surface area (TPSA) is 14.8 Å². The molecule has 0 saturated carbocycles. The van der Waals surface area contributed by atoms with E-state index in [2.05, 4.69) is 57.7 Å². The van der Waals surface area contributed by atoms with Crippen LogP contribution in [-0.2, 0) is 0 Å². The number of benzene rings is 9. The van der Waals surface area contributed by atoms with Gasteiger partial charge in [0.15, 0.2) is 0 Å². The molecular weight excluding hydrogens is 691 g/mol. The summed E-state index contributed by atoms with van der Waals surface area (Å²) in [5, 5.41) is 4.79. The quantitative estimate of drug-likeness (QED) is 0.167. The zero-order valence-corrected chi connectivity index (χ0v) is 30.6. The lowest BCUT2D eigenvalue weighted by molar-refractivity contribution is 1.18. The van der Waals surface area contributed by atoms with Gasteiger partial charge in [0.2, 0.25) is 0 Å². The van der Waals surface area contributed by atoms with E-state index < -0.39 is 0 Å². The predicted octanol–water partition coefficient (Wildman–Crippen LogP) is 14.3. The van der Waals surface area contributed by atoms with Crippen molar-refractivity contribution in [2.45, 2.75) is 0 Å². The lowest BCUT2D eigenvalue weighted by Gasteiger charge is -2.10. The third-order valence-electron chi connectivity index (χ3n) is 11.3. The minimum absolute atomic E-state index is 0.0105. The highest BCUT2D eigenvalue weighted by Gasteiger charge is 2.18. The first kappa shape index (κ1) is 26.2. The van der Waals surface area contributed by atoms with Crippen molar-refractivity contribution in [3.05, 3.63) is 212 Å². The van der Waals surface area contributed by atoms with Crippen molar-refractivity contribution in [1.29, 1.82) is 0 Å². The Morgan fingerprint density at radius 3 is 1.04 bits per heavy atom. The molecule has 0 amide bonds. The smallest absolute Gasteiger partial charge is 0.0645 e. The van der Waals surface area contributed by atoms with E-state index in [0.717, 1.165) is 55.0 Å². The zero-order chi connectivity index (χ0) is 42.7. The van der Waals surface area contributed by atoms with Gasteiger partial charge in [-0.25, -0.2) is 0 Å². The lowest BCUT2D eigenvalue weighted by Crippen LogP contribution is -1.94. The first-order valence-electron chi connectivity index (χ1n) is 22.1. The van der Waals surface area contributed by atoms with Crippen molar-refractivity contribution in [2.75, 3.05) is 0 Å². The maximum absolute atomic E-state index is 10.1. The van der Waals surface area contributed by atoms with Crippen LogP contribution >= 0.6 is 0 Å². The second kappa shape index (κ2) is 12.5. The summed E-state index contributed by atoms with van der Waals surface area (Å²) in [5.41, 5.74) is 8.66. The van der Waals surface area contributed by atoms with Crippen molar-refractivity contribution in [3.8, 4) is 39.3 Å². The minimum atomic E-state index is -0.127. The van der Waals surface area contributed by atoms with Crippen molar-refractivity contribution < 1.29 is 8.22 Å². The Morgan fingerprint density at radius 2 is 0.614 bits per heavy atom. The number of aromatic nitrogens is 3. The molecule has 3 heteroatoms. The SMILES string of the molecule is [2H]c1c(-c2ccc3c4ccccc4n(-c4ccccc4)c3c2)c([2H])c2c3c([2H])c(-c4ccc5c6ccccc6n(-c6ccccc6)c5c4)c([2H])c([2H])c3n(-c3ccccc3)c2c1[2H]. The summed E-state index contributed by atoms with van der Waals surface area (Å²) < 4.78 is 64.9. The molecule has 0 bridgehead atoms. The van der Waals surface area contributed by atoms with Gasteiger partial charge in [-0.15, -0.1) is 0 Å². The molecule has 266 valence electrons. The van der Waals surface area contributed by atoms with Gasteiger partial charge < -0.3 is 13.7 Å². The van der Waals surface area contributed by atoms with Gasteiger partial charge in [0.05, 0.1) is 41.3 Å². The van der Waals surface area contributed by atoms with Gasteiger partial charge in [-0.1, -0.05) is 127 Å². The number of fused-ring (bicyclic) bond motifs is 9. The van der Waals surface area contributed by atoms with Gasteiger partial charge >= 0.3 is 0 Å². The highest BCUT2D eigenvalue weighted by molar-refractivity contribution is 6.14. The summed E-state index contributed by atoms with van der Waals surface area (Å²) in [6.45, 7) is 0. The van der Waals surface area contributed by atoms with Gasteiger partial charge in [-0.2, -0.15) is 0 Å². The number of para-hydroxylation sites is 5. The molecule has 3 nitrogen and oxygen atoms in total. The summed E-state index contributed by atoms with van der Waals surface area (Å²) in [6.07, 6.45) is 0. The van der Waals surface area contributed by atoms with E-state index in [1.165, 1.54) is 0 Å². The largest absolute Gasteiger partial charge is 0.309 e. The number of nitrogens with zero attached hydrogens (tertiary/aromatic N) is 3. The highest BCUT2D eigenvalue weighted by Crippen LogP contribution is 2.41. The zero-order valence-electron chi connectivity index (χ0n) is 36.6. The Kier molecular flexibility index (Phi) is 5.73. The molecule has 0 saturated heterocycles. The Morgan fingerprint density at radius 1 is 0.263 bits per heavy atom. The average molecular weight is 732 g/mol. The monoisotopic (exact) mass is 731 g/mol. The summed E-state index contributed by atoms with van der Waals surface area (Å²) in [7, 11) is 0. The van der Waals surface area contributed by atoms with Crippen molar-refractivity contribution in [3.63, 3.8) is 0 Å². The van der Waals surface area contributed by atoms with Crippen LogP contribution in [0.4, 0.5) is 0 Å². The third-order valence-corrected chi connectivity index (χ3v) is 11.3. The van der Waals surface area contributed by atoms with Gasteiger partial charge in [0.25, 0.3) is 0 Å². The molecule has 0 radical (unpaired) electrons. The molecule has 12 aromatic rings. The number of hydrogen-bond donors (Lipinski definition) is 0. The molecular formula is C54H35N3. The van der Waals surface area contributed by atoms with E-state index in [0.29, 0.717) is 27.6 Å². The highest BCUT2D eigenvalue weighted by atomic mass is 15.0. The molecule has 0 aliphatic carbocycles. The molecule has 0 unspecified atom stereocenters. The molecule has 12 rings (SSSR count). The standard InChI is InChI=1S/C54H35N3/c1-4-14-40(15-5-1)55-51-30-26-36(38-24-28-45-43-20-10-12-22-49(43)56(53(45)34-38)41-16-6-2-7-17-41)32-47(51)48-33-37(27-31-52(48)55)39-25-29-46-44-21-11-13-23-50(44)57(54(46)35-39)42-18-8-3-9-19-42/h1-35H/i26D,27D,30D,31D,32D,33D. The van der Waals surface area contributed by atoms with Crippen LogP contribution in [0, 0.1) is 0 Å². The van der Waals surface area contributed by atoms with Gasteiger partial charge in [-0.3, -0.25) is 0 Å². The second-order valence-electron chi connectivity index (χ2n) is 14.5. The third kappa shape index (κ3) is 4.86. The molecule has 3 aromatic heterocycles. The molecule has 9 aromatic carbocycles. The normalized spacial score (nSPS) is 13.3. The summed E-state index contributed by atoms with van der Waals surface area (Å²) >= 11 is 0. The van der Waals surface area contributed by atoms with E-state index in [-0.39, 0.29) is 58.4 Å². The summed E-state index contributed by atoms with van der Waals surface area (Å²) in [4.78, 5) is 0. The average Bonchev–Trinajstić information content (AvgIpc) is 3.97. The minimum Gasteiger partial charge on any atom is -0.309 e. The van der Waals surface area contributed by atoms with E-state index in [9.17, 15) is 8.22 Å². The fraction of sp³-hybridized carbons (Fsp3) is 0. The van der Waals surface area contributed by atoms with E-state index in [4.69, 9.17) is 0 Å². The Bertz CT molecular complexity index is 3620. The lowest BCUT2D eigenvalue weighted by atomic mass is 9.99. The van der Waals surface area contributed by atoms with Crippen LogP contribution in [0.2, 0.25) is 0 Å². The fourth-order valence-electron chi connectivity index (χ4n) is 8.69. The van der Waals surface area contributed by atoms with Gasteiger partial charge in [-0.05, 0) is 107 Å². The Labute approximate surface area is 337 Å².